The number of unbranched alkanes of at least 4 members (excludes halogenated alkanes) is 2. The molecule has 0 bridgehead atoms. The van der Waals surface area contributed by atoms with Gasteiger partial charge in [-0.1, -0.05) is 48.5 Å². The Hall–Kier alpha value is -2.67. The van der Waals surface area contributed by atoms with E-state index in [2.05, 4.69) is 0 Å². The second-order valence-corrected chi connectivity index (χ2v) is 5.59. The third-order valence-electron chi connectivity index (χ3n) is 3.82. The van der Waals surface area contributed by atoms with Crippen molar-refractivity contribution in [3.05, 3.63) is 71.8 Å². The highest BCUT2D eigenvalue weighted by molar-refractivity contribution is 5.89. The van der Waals surface area contributed by atoms with Crippen LogP contribution in [0.15, 0.2) is 60.7 Å². The van der Waals surface area contributed by atoms with E-state index in [9.17, 15) is 9.18 Å². The first-order chi connectivity index (χ1) is 11.7. The van der Waals surface area contributed by atoms with E-state index in [1.54, 1.807) is 60.7 Å². The normalized spacial score (nSPS) is 12.8. The van der Waals surface area contributed by atoms with Crippen molar-refractivity contribution in [2.45, 2.75) is 31.4 Å². The van der Waals surface area contributed by atoms with Crippen LogP contribution in [0.5, 0.6) is 0 Å². The monoisotopic (exact) mass is 325 g/mol. The molecular formula is C20H20FNO2. The van der Waals surface area contributed by atoms with Crippen molar-refractivity contribution >= 4 is 5.97 Å². The number of nitrogens with zero attached hydrogens (tertiary/aromatic N) is 1. The molecule has 0 N–H and O–H groups in total. The number of alkyl halides is 1. The Kier molecular flexibility index (Phi) is 6.51. The highest BCUT2D eigenvalue weighted by Gasteiger charge is 2.30. The predicted octanol–water partition coefficient (Wildman–Crippen LogP) is 4.79. The molecule has 1 unspecified atom stereocenters. The summed E-state index contributed by atoms with van der Waals surface area (Å²) in [7, 11) is 0. The molecule has 0 aliphatic carbocycles. The van der Waals surface area contributed by atoms with E-state index in [1.807, 2.05) is 6.07 Å². The number of ether oxygens (including phenoxy) is 1. The maximum Gasteiger partial charge on any atom is 0.338 e. The molecule has 4 heteroatoms. The number of carbonyl (C=O) groups is 1. The van der Waals surface area contributed by atoms with Gasteiger partial charge in [0.15, 0.2) is 0 Å². The van der Waals surface area contributed by atoms with Crippen LogP contribution in [0.3, 0.4) is 0 Å². The fourth-order valence-corrected chi connectivity index (χ4v) is 2.44. The lowest BCUT2D eigenvalue weighted by molar-refractivity contribution is 0.0496. The van der Waals surface area contributed by atoms with Crippen LogP contribution in [-0.4, -0.2) is 12.6 Å². The molecular weight excluding hydrogens is 305 g/mol. The molecule has 0 fully saturated rings. The molecule has 2 rings (SSSR count). The van der Waals surface area contributed by atoms with Crippen molar-refractivity contribution in [2.24, 2.45) is 0 Å². The smallest absolute Gasteiger partial charge is 0.338 e. The van der Waals surface area contributed by atoms with Gasteiger partial charge in [0.25, 0.3) is 0 Å². The second-order valence-electron chi connectivity index (χ2n) is 5.59. The Morgan fingerprint density at radius 2 is 1.62 bits per heavy atom. The molecule has 0 heterocycles. The van der Waals surface area contributed by atoms with E-state index in [0.717, 1.165) is 0 Å². The van der Waals surface area contributed by atoms with Crippen molar-refractivity contribution in [1.82, 2.24) is 0 Å². The molecule has 0 spiro atoms. The third-order valence-corrected chi connectivity index (χ3v) is 3.82. The molecule has 24 heavy (non-hydrogen) atoms. The fourth-order valence-electron chi connectivity index (χ4n) is 2.44. The molecule has 0 radical (unpaired) electrons. The molecule has 124 valence electrons. The van der Waals surface area contributed by atoms with Gasteiger partial charge in [0, 0.05) is 5.56 Å². The first-order valence-electron chi connectivity index (χ1n) is 8.03. The van der Waals surface area contributed by atoms with Crippen LogP contribution in [0.2, 0.25) is 0 Å². The van der Waals surface area contributed by atoms with Crippen molar-refractivity contribution in [1.29, 1.82) is 5.26 Å². The summed E-state index contributed by atoms with van der Waals surface area (Å²) in [6, 6.07) is 19.1. The highest BCUT2D eigenvalue weighted by atomic mass is 19.1. The van der Waals surface area contributed by atoms with Crippen LogP contribution >= 0.6 is 0 Å². The molecule has 0 aliphatic heterocycles. The average molecular weight is 325 g/mol. The minimum absolute atomic E-state index is 0.139. The van der Waals surface area contributed by atoms with E-state index in [0.29, 0.717) is 37.0 Å². The number of nitriles is 1. The number of hydrogen-bond donors (Lipinski definition) is 0. The number of carbonyl (C=O) groups excluding carboxylic acids is 1. The summed E-state index contributed by atoms with van der Waals surface area (Å²) in [5.41, 5.74) is -1.04. The van der Waals surface area contributed by atoms with Crippen LogP contribution in [0, 0.1) is 11.3 Å². The lowest BCUT2D eigenvalue weighted by Gasteiger charge is -2.17. The topological polar surface area (TPSA) is 50.1 Å². The van der Waals surface area contributed by atoms with Gasteiger partial charge in [-0.15, -0.1) is 0 Å². The second kappa shape index (κ2) is 8.83. The van der Waals surface area contributed by atoms with Crippen LogP contribution in [0.4, 0.5) is 4.39 Å². The lowest BCUT2D eigenvalue weighted by atomic mass is 9.91. The Labute approximate surface area is 141 Å². The molecule has 2 aromatic rings. The summed E-state index contributed by atoms with van der Waals surface area (Å²) in [6.07, 6.45) is 2.04. The van der Waals surface area contributed by atoms with Crippen molar-refractivity contribution in [2.75, 3.05) is 6.61 Å². The van der Waals surface area contributed by atoms with Gasteiger partial charge < -0.3 is 4.74 Å². The SMILES string of the molecule is N#CC(F)(CCCCCOC(=O)c1ccccc1)c1ccccc1. The molecule has 0 saturated heterocycles. The Bertz CT molecular complexity index is 682. The quantitative estimate of drug-likeness (QED) is 0.518. The molecule has 0 aliphatic rings. The maximum atomic E-state index is 14.7. The number of benzene rings is 2. The summed E-state index contributed by atoms with van der Waals surface area (Å²) in [6.45, 7) is 0.297. The van der Waals surface area contributed by atoms with Gasteiger partial charge >= 0.3 is 5.97 Å². The first kappa shape index (κ1) is 17.7. The number of hydrogen-bond acceptors (Lipinski definition) is 3. The van der Waals surface area contributed by atoms with Gasteiger partial charge in [-0.2, -0.15) is 5.26 Å². The van der Waals surface area contributed by atoms with E-state index in [1.165, 1.54) is 0 Å². The van der Waals surface area contributed by atoms with Gasteiger partial charge in [-0.05, 0) is 37.8 Å². The zero-order chi connectivity index (χ0) is 17.3. The van der Waals surface area contributed by atoms with Crippen LogP contribution in [0.1, 0.15) is 41.6 Å². The maximum absolute atomic E-state index is 14.7. The fraction of sp³-hybridized carbons (Fsp3) is 0.300. The van der Waals surface area contributed by atoms with Crippen LogP contribution < -0.4 is 0 Å². The van der Waals surface area contributed by atoms with Crippen molar-refractivity contribution < 1.29 is 13.9 Å². The van der Waals surface area contributed by atoms with Gasteiger partial charge in [0.1, 0.15) is 6.07 Å². The minimum Gasteiger partial charge on any atom is -0.462 e. The molecule has 0 aromatic heterocycles. The molecule has 1 atom stereocenters. The van der Waals surface area contributed by atoms with Crippen LogP contribution in [0.25, 0.3) is 0 Å². The first-order valence-corrected chi connectivity index (χ1v) is 8.03. The van der Waals surface area contributed by atoms with E-state index in [4.69, 9.17) is 10.00 Å². The molecule has 2 aromatic carbocycles. The summed E-state index contributed by atoms with van der Waals surface area (Å²) >= 11 is 0. The summed E-state index contributed by atoms with van der Waals surface area (Å²) in [5.74, 6) is -0.350. The predicted molar refractivity (Wildman–Crippen MR) is 90.0 cm³/mol. The number of halogens is 1. The van der Waals surface area contributed by atoms with Crippen molar-refractivity contribution in [3.63, 3.8) is 0 Å². The van der Waals surface area contributed by atoms with Gasteiger partial charge in [-0.3, -0.25) is 0 Å². The summed E-state index contributed by atoms with van der Waals surface area (Å²) in [5, 5.41) is 9.15. The number of rotatable bonds is 8. The summed E-state index contributed by atoms with van der Waals surface area (Å²) < 4.78 is 19.8. The molecule has 3 nitrogen and oxygen atoms in total. The Morgan fingerprint density at radius 3 is 2.25 bits per heavy atom. The highest BCUT2D eigenvalue weighted by Crippen LogP contribution is 2.31. The van der Waals surface area contributed by atoms with E-state index >= 15 is 0 Å². The third kappa shape index (κ3) is 4.92. The standard InChI is InChI=1S/C20H20FNO2/c21-20(16-22,18-12-6-2-7-13-18)14-8-3-9-15-24-19(23)17-10-4-1-5-11-17/h1-2,4-7,10-13H,3,8-9,14-15H2. The number of esters is 1. The van der Waals surface area contributed by atoms with E-state index < -0.39 is 5.67 Å². The van der Waals surface area contributed by atoms with Crippen LogP contribution in [-0.2, 0) is 10.4 Å². The Balaban J connectivity index is 1.69. The largest absolute Gasteiger partial charge is 0.462 e. The zero-order valence-corrected chi connectivity index (χ0v) is 13.5. The average Bonchev–Trinajstić information content (AvgIpc) is 2.65. The van der Waals surface area contributed by atoms with Gasteiger partial charge in [-0.25, -0.2) is 9.18 Å². The van der Waals surface area contributed by atoms with Crippen molar-refractivity contribution in [3.8, 4) is 6.07 Å². The van der Waals surface area contributed by atoms with E-state index in [-0.39, 0.29) is 12.4 Å². The lowest BCUT2D eigenvalue weighted by Crippen LogP contribution is -2.17. The minimum atomic E-state index is -1.96. The summed E-state index contributed by atoms with van der Waals surface area (Å²) in [4.78, 5) is 11.7. The molecule has 0 saturated carbocycles. The Morgan fingerprint density at radius 1 is 1.00 bits per heavy atom. The molecule has 0 amide bonds. The zero-order valence-electron chi connectivity index (χ0n) is 13.5. The van der Waals surface area contributed by atoms with Gasteiger partial charge in [0.05, 0.1) is 12.2 Å². The van der Waals surface area contributed by atoms with Gasteiger partial charge in [0.2, 0.25) is 5.67 Å².